The van der Waals surface area contributed by atoms with Crippen molar-refractivity contribution < 1.29 is 43.7 Å². The second-order valence-electron chi connectivity index (χ2n) is 14.1. The molecule has 6 N–H and O–H groups in total. The van der Waals surface area contributed by atoms with Crippen LogP contribution in [-0.2, 0) is 33.5 Å². The van der Waals surface area contributed by atoms with Crippen LogP contribution in [0, 0.1) is 17.3 Å². The minimum Gasteiger partial charge on any atom is -0.460 e. The number of hydrogen-bond acceptors (Lipinski definition) is 9. The minimum absolute atomic E-state index is 0.0171. The predicted octanol–water partition coefficient (Wildman–Crippen LogP) is 1.55. The summed E-state index contributed by atoms with van der Waals surface area (Å²) in [5.41, 5.74) is -1.24. The van der Waals surface area contributed by atoms with Gasteiger partial charge in [-0.15, -0.1) is 0 Å². The number of aliphatic hydroxyl groups is 2. The van der Waals surface area contributed by atoms with Crippen molar-refractivity contribution >= 4 is 35.5 Å². The van der Waals surface area contributed by atoms with E-state index >= 15 is 0 Å². The molecule has 0 aromatic rings. The summed E-state index contributed by atoms with van der Waals surface area (Å²) in [6.45, 7) is 12.9. The molecule has 1 heterocycles. The first kappa shape index (κ1) is 43.8. The van der Waals surface area contributed by atoms with Crippen molar-refractivity contribution in [2.45, 2.75) is 150 Å². The number of ether oxygens (including phenoxy) is 1. The number of rotatable bonds is 13. The molecule has 0 bridgehead atoms. The number of nitrogens with one attached hydrogen (secondary N) is 4. The molecule has 1 rings (SSSR count). The van der Waals surface area contributed by atoms with E-state index in [1.165, 1.54) is 18.9 Å². The molecule has 14 heteroatoms. The largest absolute Gasteiger partial charge is 0.460 e. The van der Waals surface area contributed by atoms with Gasteiger partial charge in [0.05, 0.1) is 18.1 Å². The fraction of sp³-hybridized carbons (Fsp3) is 0.829. The summed E-state index contributed by atoms with van der Waals surface area (Å²) in [6, 6.07) is -5.19. The van der Waals surface area contributed by atoms with Crippen LogP contribution >= 0.6 is 0 Å². The quantitative estimate of drug-likeness (QED) is 0.122. The third kappa shape index (κ3) is 12.9. The van der Waals surface area contributed by atoms with Crippen LogP contribution in [0.2, 0.25) is 0 Å². The maximum Gasteiger partial charge on any atom is 0.325 e. The highest BCUT2D eigenvalue weighted by Crippen LogP contribution is 2.35. The average Bonchev–Trinajstić information content (AvgIpc) is 3.06. The number of cyclic esters (lactones) is 1. The lowest BCUT2D eigenvalue weighted by Gasteiger charge is -2.41. The first-order valence-corrected chi connectivity index (χ1v) is 17.9. The van der Waals surface area contributed by atoms with Crippen molar-refractivity contribution in [3.8, 4) is 0 Å². The lowest BCUT2D eigenvalue weighted by atomic mass is 9.77. The second kappa shape index (κ2) is 21.1. The molecule has 0 spiro atoms. The summed E-state index contributed by atoms with van der Waals surface area (Å²) in [7, 11) is 1.53. The molecule has 1 aliphatic rings. The van der Waals surface area contributed by atoms with E-state index in [0.29, 0.717) is 19.3 Å². The molecular formula is C35H63N5O9. The van der Waals surface area contributed by atoms with Gasteiger partial charge in [-0.25, -0.2) is 0 Å². The normalized spacial score (nSPS) is 28.3. The molecule has 8 atom stereocenters. The average molecular weight is 698 g/mol. The SMILES string of the molecule is CCCCCCC[C@H]1OC(=O)CNC(=O)[C@H]([C@H](C)O)NC(=O)[C@H](CO)NC(=O)[C@H]([C@H](C)CC)NC(=O)[C@H](CC(C)C)N(C)C(=O)[C@]1(C)CC. The summed E-state index contributed by atoms with van der Waals surface area (Å²) in [5.74, 6) is -4.81. The molecule has 0 radical (unpaired) electrons. The molecule has 282 valence electrons. The molecule has 0 saturated carbocycles. The molecule has 14 nitrogen and oxygen atoms in total. The van der Waals surface area contributed by atoms with E-state index in [9.17, 15) is 39.0 Å². The van der Waals surface area contributed by atoms with Gasteiger partial charge in [-0.1, -0.05) is 73.6 Å². The summed E-state index contributed by atoms with van der Waals surface area (Å²) < 4.78 is 5.93. The molecule has 1 fully saturated rings. The number of likely N-dealkylation sites (N-methyl/N-ethyl adjacent to an activating group) is 1. The minimum atomic E-state index is -1.54. The molecule has 0 aromatic carbocycles. The van der Waals surface area contributed by atoms with Gasteiger partial charge < -0.3 is 41.1 Å². The second-order valence-corrected chi connectivity index (χ2v) is 14.1. The maximum atomic E-state index is 14.5. The zero-order valence-electron chi connectivity index (χ0n) is 31.1. The van der Waals surface area contributed by atoms with Gasteiger partial charge in [0.25, 0.3) is 0 Å². The van der Waals surface area contributed by atoms with Gasteiger partial charge in [0.2, 0.25) is 29.5 Å². The Balaban J connectivity index is 3.76. The van der Waals surface area contributed by atoms with E-state index < -0.39 is 96.4 Å². The highest BCUT2D eigenvalue weighted by atomic mass is 16.5. The van der Waals surface area contributed by atoms with Crippen LogP contribution in [0.4, 0.5) is 0 Å². The molecule has 0 aliphatic carbocycles. The molecule has 1 saturated heterocycles. The predicted molar refractivity (Wildman–Crippen MR) is 185 cm³/mol. The lowest BCUT2D eigenvalue weighted by molar-refractivity contribution is -0.167. The van der Waals surface area contributed by atoms with E-state index in [4.69, 9.17) is 4.74 Å². The van der Waals surface area contributed by atoms with Crippen LogP contribution < -0.4 is 21.3 Å². The van der Waals surface area contributed by atoms with Crippen LogP contribution in [0.5, 0.6) is 0 Å². The van der Waals surface area contributed by atoms with Gasteiger partial charge in [0.15, 0.2) is 0 Å². The number of aliphatic hydroxyl groups excluding tert-OH is 2. The van der Waals surface area contributed by atoms with Crippen LogP contribution in [0.15, 0.2) is 0 Å². The van der Waals surface area contributed by atoms with E-state index in [2.05, 4.69) is 28.2 Å². The van der Waals surface area contributed by atoms with Gasteiger partial charge in [-0.3, -0.25) is 28.8 Å². The van der Waals surface area contributed by atoms with Crippen LogP contribution in [0.1, 0.15) is 113 Å². The Bertz CT molecular complexity index is 1120. The summed E-state index contributed by atoms with van der Waals surface area (Å²) in [6.07, 6.45) is 3.72. The lowest BCUT2D eigenvalue weighted by Crippen LogP contribution is -2.62. The van der Waals surface area contributed by atoms with E-state index in [0.717, 1.165) is 25.7 Å². The van der Waals surface area contributed by atoms with Crippen molar-refractivity contribution in [3.05, 3.63) is 0 Å². The number of hydrogen-bond donors (Lipinski definition) is 6. The van der Waals surface area contributed by atoms with Crippen LogP contribution in [0.3, 0.4) is 0 Å². The smallest absolute Gasteiger partial charge is 0.325 e. The monoisotopic (exact) mass is 697 g/mol. The Labute approximate surface area is 292 Å². The molecule has 1 aliphatic heterocycles. The number of carbonyl (C=O) groups is 6. The third-order valence-electron chi connectivity index (χ3n) is 9.64. The number of esters is 1. The zero-order valence-corrected chi connectivity index (χ0v) is 31.1. The van der Waals surface area contributed by atoms with Crippen LogP contribution in [0.25, 0.3) is 0 Å². The van der Waals surface area contributed by atoms with Gasteiger partial charge in [0, 0.05) is 7.05 Å². The fourth-order valence-electron chi connectivity index (χ4n) is 5.93. The molecular weight excluding hydrogens is 634 g/mol. The summed E-state index contributed by atoms with van der Waals surface area (Å²) in [5, 5.41) is 30.3. The third-order valence-corrected chi connectivity index (χ3v) is 9.64. The molecule has 5 amide bonds. The topological polar surface area (TPSA) is 203 Å². The molecule has 0 aromatic heterocycles. The van der Waals surface area contributed by atoms with Crippen molar-refractivity contribution in [3.63, 3.8) is 0 Å². The Morgan fingerprint density at radius 2 is 1.47 bits per heavy atom. The van der Waals surface area contributed by atoms with Gasteiger partial charge >= 0.3 is 5.97 Å². The summed E-state index contributed by atoms with van der Waals surface area (Å²) in [4.78, 5) is 82.8. The van der Waals surface area contributed by atoms with E-state index in [1.54, 1.807) is 13.8 Å². The first-order chi connectivity index (χ1) is 23.0. The number of nitrogens with zero attached hydrogens (tertiary/aromatic N) is 1. The van der Waals surface area contributed by atoms with Gasteiger partial charge in [0.1, 0.15) is 36.8 Å². The van der Waals surface area contributed by atoms with Gasteiger partial charge in [-0.05, 0) is 51.4 Å². The van der Waals surface area contributed by atoms with Crippen molar-refractivity contribution in [2.24, 2.45) is 17.3 Å². The first-order valence-electron chi connectivity index (χ1n) is 17.9. The fourth-order valence-corrected chi connectivity index (χ4v) is 5.93. The highest BCUT2D eigenvalue weighted by Gasteiger charge is 2.46. The molecule has 0 unspecified atom stereocenters. The summed E-state index contributed by atoms with van der Waals surface area (Å²) >= 11 is 0. The van der Waals surface area contributed by atoms with Crippen LogP contribution in [-0.4, -0.2) is 107 Å². The standard InChI is InChI=1S/C35H63N5O9/c1-10-13-14-15-16-17-26-35(8,12-3)34(48)40(9)25(18-21(4)5)31(45)38-28(22(6)11-2)33(47)37-24(20-41)30(44)39-29(23(7)42)32(46)36-19-27(43)49-26/h21-26,28-29,41-42H,10-20H2,1-9H3,(H,36,46)(H,37,47)(H,38,45)(H,39,44)/t22-,23+,24+,25+,26-,28+,29+,35-/m1/s1. The van der Waals surface area contributed by atoms with Crippen molar-refractivity contribution in [2.75, 3.05) is 20.2 Å². The maximum absolute atomic E-state index is 14.5. The van der Waals surface area contributed by atoms with E-state index in [1.807, 2.05) is 27.7 Å². The number of carbonyl (C=O) groups excluding carboxylic acids is 6. The van der Waals surface area contributed by atoms with E-state index in [-0.39, 0.29) is 18.8 Å². The number of amides is 5. The Morgan fingerprint density at radius 1 is 0.857 bits per heavy atom. The van der Waals surface area contributed by atoms with Crippen molar-refractivity contribution in [1.29, 1.82) is 0 Å². The Hall–Kier alpha value is -3.26. The highest BCUT2D eigenvalue weighted by molar-refractivity contribution is 5.96. The zero-order chi connectivity index (χ0) is 37.5. The number of unbranched alkanes of at least 4 members (excludes halogenated alkanes) is 4. The molecule has 49 heavy (non-hydrogen) atoms. The van der Waals surface area contributed by atoms with Gasteiger partial charge in [-0.2, -0.15) is 0 Å². The van der Waals surface area contributed by atoms with Crippen molar-refractivity contribution in [1.82, 2.24) is 26.2 Å². The Kier molecular flexibility index (Phi) is 18.8. The Morgan fingerprint density at radius 3 is 2.00 bits per heavy atom.